The van der Waals surface area contributed by atoms with Gasteiger partial charge in [0.15, 0.2) is 11.4 Å². The number of fused-ring (bicyclic) bond motifs is 1. The number of halogens is 1. The van der Waals surface area contributed by atoms with Crippen LogP contribution < -0.4 is 11.2 Å². The summed E-state index contributed by atoms with van der Waals surface area (Å²) in [6, 6.07) is 7.76. The Morgan fingerprint density at radius 2 is 2.00 bits per heavy atom. The van der Waals surface area contributed by atoms with Gasteiger partial charge in [-0.3, -0.25) is 14.3 Å². The summed E-state index contributed by atoms with van der Waals surface area (Å²) in [6.07, 6.45) is -0.779. The molecule has 3 heterocycles. The molecule has 1 aliphatic rings. The SMILES string of the molecule is CC1(c2nc(C[C@H](O)c3ccc(Cl)cc3)no2)OCc2c1c(=O)[nH]c(=O)n2COCC[Si](C)(C)C. The Morgan fingerprint density at radius 1 is 1.29 bits per heavy atom. The second-order valence-corrected chi connectivity index (χ2v) is 16.0. The number of nitrogens with zero attached hydrogens (tertiary/aromatic N) is 3. The molecule has 0 bridgehead atoms. The van der Waals surface area contributed by atoms with Gasteiger partial charge in [0.2, 0.25) is 0 Å². The standard InChI is InChI=1S/C23H29ClN4O6Si/c1-23(21-25-18(27-34-21)11-17(29)14-5-7-15(24)8-6-14)19-16(12-33-23)28(22(31)26-20(19)30)13-32-9-10-35(2,3)4/h5-8,17,29H,9-13H2,1-4H3,(H,26,30,31)/t17-,23?/m0/s1. The molecule has 0 saturated heterocycles. The molecule has 2 N–H and O–H groups in total. The number of hydrogen-bond donors (Lipinski definition) is 2. The maximum atomic E-state index is 12.8. The van der Waals surface area contributed by atoms with Crippen molar-refractivity contribution < 1.29 is 19.1 Å². The highest BCUT2D eigenvalue weighted by Crippen LogP contribution is 2.38. The minimum absolute atomic E-state index is 0.00420. The first-order valence-corrected chi connectivity index (χ1v) is 15.4. The molecule has 188 valence electrons. The van der Waals surface area contributed by atoms with Crippen LogP contribution in [-0.4, -0.2) is 39.5 Å². The predicted molar refractivity (Wildman–Crippen MR) is 131 cm³/mol. The van der Waals surface area contributed by atoms with Gasteiger partial charge in [-0.2, -0.15) is 4.98 Å². The number of nitrogens with one attached hydrogen (secondary N) is 1. The lowest BCUT2D eigenvalue weighted by molar-refractivity contribution is -0.0159. The minimum Gasteiger partial charge on any atom is -0.388 e. The van der Waals surface area contributed by atoms with Gasteiger partial charge in [0, 0.05) is 26.1 Å². The van der Waals surface area contributed by atoms with E-state index in [9.17, 15) is 14.7 Å². The zero-order valence-electron chi connectivity index (χ0n) is 20.1. The van der Waals surface area contributed by atoms with Crippen LogP contribution in [0.15, 0.2) is 38.4 Å². The Labute approximate surface area is 207 Å². The molecule has 10 nitrogen and oxygen atoms in total. The van der Waals surface area contributed by atoms with Crippen molar-refractivity contribution in [1.82, 2.24) is 19.7 Å². The molecular weight excluding hydrogens is 492 g/mol. The van der Waals surface area contributed by atoms with Crippen molar-refractivity contribution in [3.63, 3.8) is 0 Å². The molecular formula is C23H29ClN4O6Si. The Balaban J connectivity index is 1.56. The van der Waals surface area contributed by atoms with E-state index in [2.05, 4.69) is 34.8 Å². The van der Waals surface area contributed by atoms with Crippen molar-refractivity contribution in [1.29, 1.82) is 0 Å². The van der Waals surface area contributed by atoms with Crippen molar-refractivity contribution in [2.24, 2.45) is 0 Å². The summed E-state index contributed by atoms with van der Waals surface area (Å²) in [6.45, 7) is 8.91. The van der Waals surface area contributed by atoms with Gasteiger partial charge in [-0.15, -0.1) is 0 Å². The molecule has 1 unspecified atom stereocenters. The second-order valence-electron chi connectivity index (χ2n) is 9.97. The molecule has 0 fully saturated rings. The first kappa shape index (κ1) is 25.5. The van der Waals surface area contributed by atoms with Gasteiger partial charge in [0.25, 0.3) is 11.4 Å². The average Bonchev–Trinajstić information content (AvgIpc) is 3.38. The zero-order chi connectivity index (χ0) is 25.4. The van der Waals surface area contributed by atoms with Crippen LogP contribution in [0.1, 0.15) is 41.6 Å². The van der Waals surface area contributed by atoms with E-state index in [1.807, 2.05) is 0 Å². The van der Waals surface area contributed by atoms with Crippen molar-refractivity contribution in [2.75, 3.05) is 6.61 Å². The minimum atomic E-state index is -1.35. The van der Waals surface area contributed by atoms with E-state index < -0.39 is 31.0 Å². The van der Waals surface area contributed by atoms with Crippen LogP contribution in [0.4, 0.5) is 0 Å². The molecule has 0 saturated carbocycles. The van der Waals surface area contributed by atoms with Crippen molar-refractivity contribution in [2.45, 2.75) is 64.1 Å². The lowest BCUT2D eigenvalue weighted by Gasteiger charge is -2.19. The third-order valence-corrected chi connectivity index (χ3v) is 7.96. The molecule has 3 aromatic rings. The van der Waals surface area contributed by atoms with Gasteiger partial charge < -0.3 is 19.1 Å². The molecule has 2 aromatic heterocycles. The molecule has 1 aromatic carbocycles. The molecule has 0 aliphatic carbocycles. The van der Waals surface area contributed by atoms with E-state index in [0.29, 0.717) is 22.9 Å². The van der Waals surface area contributed by atoms with Crippen molar-refractivity contribution >= 4 is 19.7 Å². The number of benzene rings is 1. The molecule has 1 aliphatic heterocycles. The fraction of sp³-hybridized carbons (Fsp3) is 0.478. The number of aromatic amines is 1. The summed E-state index contributed by atoms with van der Waals surface area (Å²) in [4.78, 5) is 32.1. The highest BCUT2D eigenvalue weighted by atomic mass is 35.5. The number of aliphatic hydroxyl groups excluding tert-OH is 1. The van der Waals surface area contributed by atoms with E-state index in [1.54, 1.807) is 31.2 Å². The lowest BCUT2D eigenvalue weighted by Crippen LogP contribution is -2.38. The summed E-state index contributed by atoms with van der Waals surface area (Å²) in [5.41, 5.74) is -1.21. The number of aromatic nitrogens is 4. The highest BCUT2D eigenvalue weighted by Gasteiger charge is 2.46. The molecule has 2 atom stereocenters. The first-order chi connectivity index (χ1) is 16.5. The van der Waals surface area contributed by atoms with E-state index in [4.69, 9.17) is 25.6 Å². The van der Waals surface area contributed by atoms with Crippen LogP contribution in [0, 0.1) is 0 Å². The number of H-pyrrole nitrogens is 1. The van der Waals surface area contributed by atoms with Crippen LogP contribution in [0.5, 0.6) is 0 Å². The number of rotatable bonds is 9. The van der Waals surface area contributed by atoms with E-state index in [1.165, 1.54) is 4.57 Å². The first-order valence-electron chi connectivity index (χ1n) is 11.3. The van der Waals surface area contributed by atoms with Gasteiger partial charge in [0.1, 0.15) is 6.73 Å². The number of hydrogen-bond acceptors (Lipinski definition) is 8. The van der Waals surface area contributed by atoms with Crippen molar-refractivity contribution in [3.05, 3.63) is 78.7 Å². The van der Waals surface area contributed by atoms with Crippen LogP contribution >= 0.6 is 11.6 Å². The maximum absolute atomic E-state index is 12.8. The monoisotopic (exact) mass is 520 g/mol. The van der Waals surface area contributed by atoms with E-state index >= 15 is 0 Å². The van der Waals surface area contributed by atoms with Gasteiger partial charge in [-0.25, -0.2) is 4.79 Å². The molecule has 12 heteroatoms. The molecule has 0 spiro atoms. The Morgan fingerprint density at radius 3 is 2.69 bits per heavy atom. The average molecular weight is 521 g/mol. The van der Waals surface area contributed by atoms with Gasteiger partial charge >= 0.3 is 5.69 Å². The smallest absolute Gasteiger partial charge is 0.330 e. The van der Waals surface area contributed by atoms with Crippen LogP contribution in [0.2, 0.25) is 30.7 Å². The summed E-state index contributed by atoms with van der Waals surface area (Å²) in [5, 5.41) is 15.1. The van der Waals surface area contributed by atoms with Gasteiger partial charge in [0.05, 0.1) is 24.0 Å². The lowest BCUT2D eigenvalue weighted by atomic mass is 9.97. The molecule has 35 heavy (non-hydrogen) atoms. The molecule has 0 radical (unpaired) electrons. The largest absolute Gasteiger partial charge is 0.388 e. The predicted octanol–water partition coefficient (Wildman–Crippen LogP) is 2.96. The maximum Gasteiger partial charge on any atom is 0.330 e. The van der Waals surface area contributed by atoms with Gasteiger partial charge in [-0.05, 0) is 30.7 Å². The number of ether oxygens (including phenoxy) is 2. The van der Waals surface area contributed by atoms with Crippen LogP contribution in [0.25, 0.3) is 0 Å². The summed E-state index contributed by atoms with van der Waals surface area (Å²) in [5.74, 6) is 0.310. The number of aliphatic hydroxyl groups is 1. The third kappa shape index (κ3) is 5.49. The normalized spacial score (nSPS) is 18.6. The molecule has 0 amide bonds. The Bertz CT molecular complexity index is 1310. The van der Waals surface area contributed by atoms with E-state index in [0.717, 1.165) is 6.04 Å². The third-order valence-electron chi connectivity index (χ3n) is 6.01. The van der Waals surface area contributed by atoms with Crippen molar-refractivity contribution in [3.8, 4) is 0 Å². The Kier molecular flexibility index (Phi) is 7.16. The summed E-state index contributed by atoms with van der Waals surface area (Å²) >= 11 is 5.91. The quantitative estimate of drug-likeness (QED) is 0.325. The topological polar surface area (TPSA) is 132 Å². The fourth-order valence-corrected chi connectivity index (χ4v) is 4.77. The van der Waals surface area contributed by atoms with Crippen LogP contribution in [-0.2, 0) is 34.8 Å². The molecule has 4 rings (SSSR count). The summed E-state index contributed by atoms with van der Waals surface area (Å²) < 4.78 is 18.5. The zero-order valence-corrected chi connectivity index (χ0v) is 21.9. The summed E-state index contributed by atoms with van der Waals surface area (Å²) in [7, 11) is -1.29. The van der Waals surface area contributed by atoms with Crippen LogP contribution in [0.3, 0.4) is 0 Å². The highest BCUT2D eigenvalue weighted by molar-refractivity contribution is 6.76. The second kappa shape index (κ2) is 9.82. The van der Waals surface area contributed by atoms with E-state index in [-0.39, 0.29) is 37.0 Å². The van der Waals surface area contributed by atoms with Gasteiger partial charge in [-0.1, -0.05) is 48.5 Å². The Hall–Kier alpha value is -2.57. The fourth-order valence-electron chi connectivity index (χ4n) is 3.89.